The van der Waals surface area contributed by atoms with Crippen LogP contribution in [0.15, 0.2) is 12.2 Å². The van der Waals surface area contributed by atoms with Crippen LogP contribution in [0.4, 0.5) is 0 Å². The van der Waals surface area contributed by atoms with Crippen molar-refractivity contribution >= 4 is 0 Å². The molecule has 0 radical (unpaired) electrons. The number of hydrogen-bond acceptors (Lipinski definition) is 1. The van der Waals surface area contributed by atoms with Crippen molar-refractivity contribution in [2.45, 2.75) is 47.1 Å². The van der Waals surface area contributed by atoms with E-state index in [1.165, 1.54) is 0 Å². The molecular formula is C12H24O. The van der Waals surface area contributed by atoms with Crippen LogP contribution in [0, 0.1) is 11.8 Å². The van der Waals surface area contributed by atoms with E-state index in [1.807, 2.05) is 0 Å². The monoisotopic (exact) mass is 184 g/mol. The van der Waals surface area contributed by atoms with E-state index in [0.29, 0.717) is 11.8 Å². The fourth-order valence-corrected chi connectivity index (χ4v) is 0.849. The van der Waals surface area contributed by atoms with E-state index >= 15 is 0 Å². The number of ether oxygens (including phenoxy) is 1. The van der Waals surface area contributed by atoms with Gasteiger partial charge in [0, 0.05) is 0 Å². The number of hydrogen-bond donors (Lipinski definition) is 0. The molecule has 0 aromatic heterocycles. The van der Waals surface area contributed by atoms with Crippen LogP contribution < -0.4 is 0 Å². The standard InChI is InChI=1S/C12H24O/c1-10(2)7-8-11(3)9-13-12(4,5)6/h7-8,10-11H,9H2,1-6H3/b8-7+/t11-/m1/s1. The van der Waals surface area contributed by atoms with Crippen molar-refractivity contribution < 1.29 is 4.74 Å². The molecule has 0 N–H and O–H groups in total. The molecule has 0 saturated carbocycles. The van der Waals surface area contributed by atoms with Crippen LogP contribution >= 0.6 is 0 Å². The van der Waals surface area contributed by atoms with E-state index in [2.05, 4.69) is 53.7 Å². The zero-order valence-electron chi connectivity index (χ0n) is 9.92. The summed E-state index contributed by atoms with van der Waals surface area (Å²) in [5.74, 6) is 1.15. The van der Waals surface area contributed by atoms with Crippen molar-refractivity contribution in [1.29, 1.82) is 0 Å². The maximum atomic E-state index is 5.67. The maximum Gasteiger partial charge on any atom is 0.0598 e. The molecule has 1 atom stereocenters. The molecule has 0 aliphatic heterocycles. The van der Waals surface area contributed by atoms with Gasteiger partial charge in [-0.25, -0.2) is 0 Å². The summed E-state index contributed by atoms with van der Waals surface area (Å²) in [6.07, 6.45) is 4.47. The topological polar surface area (TPSA) is 9.23 Å². The van der Waals surface area contributed by atoms with Gasteiger partial charge in [0.1, 0.15) is 0 Å². The summed E-state index contributed by atoms with van der Waals surface area (Å²) in [6.45, 7) is 13.6. The summed E-state index contributed by atoms with van der Waals surface area (Å²) < 4.78 is 5.67. The molecule has 0 amide bonds. The first-order valence-corrected chi connectivity index (χ1v) is 5.13. The third-order valence-corrected chi connectivity index (χ3v) is 1.60. The molecule has 0 aliphatic rings. The van der Waals surface area contributed by atoms with Gasteiger partial charge in [0.25, 0.3) is 0 Å². The molecule has 0 aromatic carbocycles. The molecule has 1 nitrogen and oxygen atoms in total. The second-order valence-electron chi connectivity index (χ2n) is 5.03. The van der Waals surface area contributed by atoms with E-state index in [4.69, 9.17) is 4.74 Å². The average molecular weight is 184 g/mol. The second kappa shape index (κ2) is 5.43. The van der Waals surface area contributed by atoms with Crippen LogP contribution in [-0.2, 0) is 4.74 Å². The Kier molecular flexibility index (Phi) is 5.31. The Morgan fingerprint density at radius 3 is 2.00 bits per heavy atom. The highest BCUT2D eigenvalue weighted by atomic mass is 16.5. The normalized spacial score (nSPS) is 15.6. The van der Waals surface area contributed by atoms with E-state index in [0.717, 1.165) is 6.61 Å². The molecule has 0 rings (SSSR count). The van der Waals surface area contributed by atoms with Crippen LogP contribution in [0.25, 0.3) is 0 Å². The molecule has 0 spiro atoms. The highest BCUT2D eigenvalue weighted by Gasteiger charge is 2.10. The Hall–Kier alpha value is -0.300. The summed E-state index contributed by atoms with van der Waals surface area (Å²) in [4.78, 5) is 0. The molecule has 0 heterocycles. The summed E-state index contributed by atoms with van der Waals surface area (Å²) in [6, 6.07) is 0. The fraction of sp³-hybridized carbons (Fsp3) is 0.833. The molecule has 13 heavy (non-hydrogen) atoms. The van der Waals surface area contributed by atoms with Crippen LogP contribution in [0.3, 0.4) is 0 Å². The van der Waals surface area contributed by atoms with Gasteiger partial charge in [-0.1, -0.05) is 32.9 Å². The Morgan fingerprint density at radius 2 is 1.62 bits per heavy atom. The minimum atomic E-state index is -0.0140. The summed E-state index contributed by atoms with van der Waals surface area (Å²) in [7, 11) is 0. The van der Waals surface area contributed by atoms with Crippen LogP contribution in [0.5, 0.6) is 0 Å². The SMILES string of the molecule is CC(C)/C=C/[C@@H](C)COC(C)(C)C. The Balaban J connectivity index is 3.69. The van der Waals surface area contributed by atoms with Crippen molar-refractivity contribution in [2.75, 3.05) is 6.61 Å². The Labute approximate surface area is 83.2 Å². The molecule has 0 saturated heterocycles. The van der Waals surface area contributed by atoms with Crippen molar-refractivity contribution in [3.63, 3.8) is 0 Å². The van der Waals surface area contributed by atoms with Gasteiger partial charge in [-0.2, -0.15) is 0 Å². The molecule has 1 heteroatoms. The van der Waals surface area contributed by atoms with Crippen molar-refractivity contribution in [1.82, 2.24) is 0 Å². The molecule has 0 aliphatic carbocycles. The highest BCUT2D eigenvalue weighted by molar-refractivity contribution is 4.88. The molecule has 0 bridgehead atoms. The maximum absolute atomic E-state index is 5.67. The molecular weight excluding hydrogens is 160 g/mol. The lowest BCUT2D eigenvalue weighted by molar-refractivity contribution is -0.0130. The minimum Gasteiger partial charge on any atom is -0.375 e. The van der Waals surface area contributed by atoms with Gasteiger partial charge in [0.2, 0.25) is 0 Å². The summed E-state index contributed by atoms with van der Waals surface area (Å²) in [5, 5.41) is 0. The van der Waals surface area contributed by atoms with Crippen molar-refractivity contribution in [2.24, 2.45) is 11.8 Å². The third-order valence-electron chi connectivity index (χ3n) is 1.60. The lowest BCUT2D eigenvalue weighted by Crippen LogP contribution is -2.22. The average Bonchev–Trinajstić information content (AvgIpc) is 1.95. The predicted molar refractivity (Wildman–Crippen MR) is 58.8 cm³/mol. The van der Waals surface area contributed by atoms with Crippen molar-refractivity contribution in [3.05, 3.63) is 12.2 Å². The van der Waals surface area contributed by atoms with Crippen LogP contribution in [0.1, 0.15) is 41.5 Å². The molecule has 78 valence electrons. The first-order chi connectivity index (χ1) is 5.81. The van der Waals surface area contributed by atoms with E-state index in [9.17, 15) is 0 Å². The number of allylic oxidation sites excluding steroid dienone is 1. The van der Waals surface area contributed by atoms with E-state index in [1.54, 1.807) is 0 Å². The molecule has 0 fully saturated rings. The van der Waals surface area contributed by atoms with Gasteiger partial charge in [-0.05, 0) is 32.6 Å². The van der Waals surface area contributed by atoms with Crippen LogP contribution in [0.2, 0.25) is 0 Å². The van der Waals surface area contributed by atoms with Gasteiger partial charge >= 0.3 is 0 Å². The second-order valence-corrected chi connectivity index (χ2v) is 5.03. The first-order valence-electron chi connectivity index (χ1n) is 5.13. The predicted octanol–water partition coefficient (Wildman–Crippen LogP) is 3.65. The van der Waals surface area contributed by atoms with Gasteiger partial charge in [-0.3, -0.25) is 0 Å². The first kappa shape index (κ1) is 12.7. The van der Waals surface area contributed by atoms with Gasteiger partial charge in [0.05, 0.1) is 12.2 Å². The van der Waals surface area contributed by atoms with E-state index in [-0.39, 0.29) is 5.60 Å². The van der Waals surface area contributed by atoms with Crippen molar-refractivity contribution in [3.8, 4) is 0 Å². The Bertz CT molecular complexity index is 151. The quantitative estimate of drug-likeness (QED) is 0.606. The highest BCUT2D eigenvalue weighted by Crippen LogP contribution is 2.10. The lowest BCUT2D eigenvalue weighted by atomic mass is 10.1. The summed E-state index contributed by atoms with van der Waals surface area (Å²) >= 11 is 0. The largest absolute Gasteiger partial charge is 0.375 e. The molecule has 0 aromatic rings. The fourth-order valence-electron chi connectivity index (χ4n) is 0.849. The molecule has 0 unspecified atom stereocenters. The van der Waals surface area contributed by atoms with Gasteiger partial charge in [-0.15, -0.1) is 0 Å². The zero-order valence-corrected chi connectivity index (χ0v) is 9.92. The zero-order chi connectivity index (χ0) is 10.5. The van der Waals surface area contributed by atoms with Crippen LogP contribution in [-0.4, -0.2) is 12.2 Å². The number of rotatable bonds is 4. The summed E-state index contributed by atoms with van der Waals surface area (Å²) in [5.41, 5.74) is -0.0140. The third kappa shape index (κ3) is 9.62. The Morgan fingerprint density at radius 1 is 1.08 bits per heavy atom. The smallest absolute Gasteiger partial charge is 0.0598 e. The van der Waals surface area contributed by atoms with Gasteiger partial charge in [0.15, 0.2) is 0 Å². The minimum absolute atomic E-state index is 0.0140. The lowest BCUT2D eigenvalue weighted by Gasteiger charge is -2.21. The van der Waals surface area contributed by atoms with Gasteiger partial charge < -0.3 is 4.74 Å². The van der Waals surface area contributed by atoms with E-state index < -0.39 is 0 Å².